The van der Waals surface area contributed by atoms with Crippen LogP contribution in [0.25, 0.3) is 0 Å². The van der Waals surface area contributed by atoms with Crippen molar-refractivity contribution in [2.75, 3.05) is 16.5 Å². The Bertz CT molecular complexity index is 986. The van der Waals surface area contributed by atoms with E-state index in [1.807, 2.05) is 6.20 Å². The van der Waals surface area contributed by atoms with Crippen molar-refractivity contribution < 1.29 is 0 Å². The maximum Gasteiger partial charge on any atom is 0.158 e. The molecule has 0 amide bonds. The molecule has 2 aromatic carbocycles. The van der Waals surface area contributed by atoms with Gasteiger partial charge in [0.15, 0.2) is 5.82 Å². The quantitative estimate of drug-likeness (QED) is 0.381. The molecule has 0 radical (unpaired) electrons. The van der Waals surface area contributed by atoms with Gasteiger partial charge in [0.1, 0.15) is 6.67 Å². The Morgan fingerprint density at radius 2 is 1.00 bits per heavy atom. The van der Waals surface area contributed by atoms with Crippen LogP contribution >= 0.6 is 0 Å². The lowest BCUT2D eigenvalue weighted by Crippen LogP contribution is -2.28. The molecule has 174 valence electrons. The van der Waals surface area contributed by atoms with E-state index in [0.29, 0.717) is 23.7 Å². The first-order valence-corrected chi connectivity index (χ1v) is 12.5. The van der Waals surface area contributed by atoms with Gasteiger partial charge in [-0.15, -0.1) is 0 Å². The highest BCUT2D eigenvalue weighted by molar-refractivity contribution is 5.88. The van der Waals surface area contributed by atoms with Crippen molar-refractivity contribution in [1.29, 1.82) is 0 Å². The second-order valence-electron chi connectivity index (χ2n) is 10.5. The fourth-order valence-electron chi connectivity index (χ4n) is 5.11. The number of hydrogen-bond acceptors (Lipinski definition) is 3. The molecule has 2 heterocycles. The molecule has 0 saturated carbocycles. The van der Waals surface area contributed by atoms with Crippen LogP contribution in [0, 0.1) is 0 Å². The van der Waals surface area contributed by atoms with Crippen LogP contribution in [0.1, 0.15) is 101 Å². The van der Waals surface area contributed by atoms with E-state index in [1.165, 1.54) is 39.3 Å². The van der Waals surface area contributed by atoms with Crippen molar-refractivity contribution >= 4 is 22.9 Å². The Balaban J connectivity index is 1.96. The Hall–Kier alpha value is -2.81. The van der Waals surface area contributed by atoms with Crippen LogP contribution in [-0.2, 0) is 0 Å². The molecule has 0 atom stereocenters. The summed E-state index contributed by atoms with van der Waals surface area (Å²) in [5, 5.41) is 0. The largest absolute Gasteiger partial charge is 0.319 e. The molecule has 1 aliphatic heterocycles. The summed E-state index contributed by atoms with van der Waals surface area (Å²) in [6.45, 7) is 19.1. The molecule has 0 spiro atoms. The van der Waals surface area contributed by atoms with Crippen molar-refractivity contribution in [2.24, 2.45) is 0 Å². The number of pyridine rings is 1. The first-order chi connectivity index (χ1) is 15.7. The smallest absolute Gasteiger partial charge is 0.158 e. The molecule has 3 aromatic rings. The highest BCUT2D eigenvalue weighted by atomic mass is 15.4. The van der Waals surface area contributed by atoms with Crippen LogP contribution in [0.5, 0.6) is 0 Å². The van der Waals surface area contributed by atoms with Crippen molar-refractivity contribution in [3.8, 4) is 0 Å². The maximum absolute atomic E-state index is 4.93. The summed E-state index contributed by atoms with van der Waals surface area (Å²) in [5.41, 5.74) is 9.46. The van der Waals surface area contributed by atoms with E-state index in [4.69, 9.17) is 4.98 Å². The van der Waals surface area contributed by atoms with Gasteiger partial charge < -0.3 is 9.80 Å². The summed E-state index contributed by atoms with van der Waals surface area (Å²) in [6, 6.07) is 17.9. The van der Waals surface area contributed by atoms with Crippen LogP contribution < -0.4 is 9.80 Å². The Morgan fingerprint density at radius 1 is 0.576 bits per heavy atom. The minimum atomic E-state index is 0.439. The summed E-state index contributed by atoms with van der Waals surface area (Å²) in [5.74, 6) is 2.83. The normalized spacial score (nSPS) is 13.7. The molecule has 4 rings (SSSR count). The van der Waals surface area contributed by atoms with Gasteiger partial charge >= 0.3 is 0 Å². The van der Waals surface area contributed by atoms with Crippen LogP contribution in [0.3, 0.4) is 0 Å². The van der Waals surface area contributed by atoms with Gasteiger partial charge in [0.25, 0.3) is 0 Å². The zero-order chi connectivity index (χ0) is 23.9. The third-order valence-corrected chi connectivity index (χ3v) is 6.82. The fraction of sp³-hybridized carbons (Fsp3) is 0.433. The predicted octanol–water partition coefficient (Wildman–Crippen LogP) is 8.82. The highest BCUT2D eigenvalue weighted by Crippen LogP contribution is 2.49. The van der Waals surface area contributed by atoms with Gasteiger partial charge in [0, 0.05) is 11.9 Å². The summed E-state index contributed by atoms with van der Waals surface area (Å²) in [4.78, 5) is 9.89. The van der Waals surface area contributed by atoms with Gasteiger partial charge in [-0.3, -0.25) is 0 Å². The van der Waals surface area contributed by atoms with Gasteiger partial charge in [-0.1, -0.05) is 91.8 Å². The van der Waals surface area contributed by atoms with Crippen molar-refractivity contribution in [2.45, 2.75) is 79.1 Å². The summed E-state index contributed by atoms with van der Waals surface area (Å²) < 4.78 is 0. The molecule has 3 nitrogen and oxygen atoms in total. The molecule has 0 bridgehead atoms. The highest BCUT2D eigenvalue weighted by Gasteiger charge is 2.34. The molecule has 0 unspecified atom stereocenters. The van der Waals surface area contributed by atoms with Gasteiger partial charge in [0.05, 0.1) is 11.4 Å². The first-order valence-electron chi connectivity index (χ1n) is 12.5. The predicted molar refractivity (Wildman–Crippen MR) is 143 cm³/mol. The topological polar surface area (TPSA) is 19.4 Å². The fourth-order valence-corrected chi connectivity index (χ4v) is 5.11. The number of fused-ring (bicyclic) bond motifs is 1. The van der Waals surface area contributed by atoms with E-state index in [1.54, 1.807) is 0 Å². The molecule has 0 aliphatic carbocycles. The molecule has 0 N–H and O–H groups in total. The number of aromatic nitrogens is 1. The lowest BCUT2D eigenvalue weighted by atomic mass is 9.91. The molecule has 1 aromatic heterocycles. The second-order valence-corrected chi connectivity index (χ2v) is 10.5. The Kier molecular flexibility index (Phi) is 6.52. The van der Waals surface area contributed by atoms with Crippen LogP contribution in [0.2, 0.25) is 0 Å². The van der Waals surface area contributed by atoms with E-state index in [2.05, 4.69) is 114 Å². The van der Waals surface area contributed by atoms with Crippen LogP contribution in [0.4, 0.5) is 22.9 Å². The van der Waals surface area contributed by atoms with Crippen LogP contribution in [0.15, 0.2) is 54.7 Å². The van der Waals surface area contributed by atoms with Gasteiger partial charge in [-0.05, 0) is 58.1 Å². The summed E-state index contributed by atoms with van der Waals surface area (Å²) >= 11 is 0. The third kappa shape index (κ3) is 4.14. The SMILES string of the molecule is CC(C)c1cccc(C(C)C)c1N1CN(c2c(C(C)C)cccc2C(C)C)c2ncccc21. The standard InChI is InChI=1S/C30H39N3/c1-19(2)23-12-9-13-24(20(3)4)28(23)32-18-33(30-27(32)16-11-17-31-30)29-25(21(5)6)14-10-15-26(29)22(7)8/h9-17,19-22H,18H2,1-8H3. The minimum Gasteiger partial charge on any atom is -0.319 e. The molecule has 33 heavy (non-hydrogen) atoms. The van der Waals surface area contributed by atoms with E-state index < -0.39 is 0 Å². The first kappa shape index (κ1) is 23.4. The Morgan fingerprint density at radius 3 is 1.42 bits per heavy atom. The molecular weight excluding hydrogens is 402 g/mol. The van der Waals surface area contributed by atoms with Gasteiger partial charge in [0.2, 0.25) is 0 Å². The average molecular weight is 442 g/mol. The number of benzene rings is 2. The lowest BCUT2D eigenvalue weighted by molar-refractivity contribution is 0.805. The van der Waals surface area contributed by atoms with Crippen molar-refractivity contribution in [3.63, 3.8) is 0 Å². The molecule has 3 heteroatoms. The van der Waals surface area contributed by atoms with E-state index in [0.717, 1.165) is 12.5 Å². The average Bonchev–Trinajstić information content (AvgIpc) is 3.16. The number of para-hydroxylation sites is 2. The number of hydrogen-bond donors (Lipinski definition) is 0. The molecule has 0 fully saturated rings. The Labute approximate surface area is 200 Å². The minimum absolute atomic E-state index is 0.439. The zero-order valence-corrected chi connectivity index (χ0v) is 21.6. The van der Waals surface area contributed by atoms with Gasteiger partial charge in [-0.25, -0.2) is 4.98 Å². The van der Waals surface area contributed by atoms with E-state index in [9.17, 15) is 0 Å². The number of rotatable bonds is 6. The summed E-state index contributed by atoms with van der Waals surface area (Å²) in [6.07, 6.45) is 1.93. The van der Waals surface area contributed by atoms with E-state index in [-0.39, 0.29) is 0 Å². The van der Waals surface area contributed by atoms with E-state index >= 15 is 0 Å². The molecule has 0 saturated heterocycles. The number of anilines is 4. The van der Waals surface area contributed by atoms with Crippen molar-refractivity contribution in [1.82, 2.24) is 4.98 Å². The monoisotopic (exact) mass is 441 g/mol. The van der Waals surface area contributed by atoms with Crippen LogP contribution in [-0.4, -0.2) is 11.7 Å². The lowest BCUT2D eigenvalue weighted by Gasteiger charge is -2.31. The number of nitrogens with zero attached hydrogens (tertiary/aromatic N) is 3. The second kappa shape index (κ2) is 9.21. The van der Waals surface area contributed by atoms with Crippen molar-refractivity contribution in [3.05, 3.63) is 77.0 Å². The zero-order valence-electron chi connectivity index (χ0n) is 21.6. The molecule has 1 aliphatic rings. The maximum atomic E-state index is 4.93. The molecular formula is C30H39N3. The summed E-state index contributed by atoms with van der Waals surface area (Å²) in [7, 11) is 0. The van der Waals surface area contributed by atoms with Gasteiger partial charge in [-0.2, -0.15) is 0 Å². The third-order valence-electron chi connectivity index (χ3n) is 6.82.